The minimum absolute atomic E-state index is 0.0696. The van der Waals surface area contributed by atoms with E-state index >= 15 is 0 Å². The number of rotatable bonds is 2. The van der Waals surface area contributed by atoms with Crippen LogP contribution in [0, 0.1) is 12.8 Å². The third-order valence-electron chi connectivity index (χ3n) is 4.44. The molecule has 0 aliphatic carbocycles. The second-order valence-electron chi connectivity index (χ2n) is 5.88. The van der Waals surface area contributed by atoms with Crippen LogP contribution in [0.1, 0.15) is 41.0 Å². The number of carbonyl (C=O) groups excluding carboxylic acids is 1. The largest absolute Gasteiger partial charge is 0.365 e. The molecule has 3 atom stereocenters. The Morgan fingerprint density at radius 3 is 3.14 bits per heavy atom. The zero-order valence-electron chi connectivity index (χ0n) is 12.3. The van der Waals surface area contributed by atoms with E-state index in [2.05, 4.69) is 10.1 Å². The molecule has 0 aromatic carbocycles. The molecule has 0 spiro atoms. The molecule has 4 rings (SSSR count). The van der Waals surface area contributed by atoms with Crippen molar-refractivity contribution in [2.45, 2.75) is 32.0 Å². The highest BCUT2D eigenvalue weighted by Gasteiger charge is 2.42. The molecule has 2 aliphatic rings. The van der Waals surface area contributed by atoms with Crippen LogP contribution >= 0.6 is 11.3 Å². The third-order valence-corrected chi connectivity index (χ3v) is 5.12. The highest BCUT2D eigenvalue weighted by atomic mass is 32.1. The van der Waals surface area contributed by atoms with Crippen molar-refractivity contribution in [1.82, 2.24) is 15.0 Å². The molecule has 1 amide bonds. The topological polar surface area (TPSA) is 68.5 Å². The molecule has 0 radical (unpaired) electrons. The van der Waals surface area contributed by atoms with Crippen molar-refractivity contribution >= 4 is 17.2 Å². The zero-order valence-corrected chi connectivity index (χ0v) is 13.1. The van der Waals surface area contributed by atoms with Crippen molar-refractivity contribution in [2.75, 3.05) is 13.1 Å². The maximum atomic E-state index is 12.4. The fraction of sp³-hybridized carbons (Fsp3) is 0.533. The van der Waals surface area contributed by atoms with Crippen LogP contribution in [0.2, 0.25) is 0 Å². The highest BCUT2D eigenvalue weighted by Crippen LogP contribution is 2.40. The quantitative estimate of drug-likeness (QED) is 0.850. The Morgan fingerprint density at radius 1 is 1.50 bits per heavy atom. The van der Waals surface area contributed by atoms with Crippen molar-refractivity contribution in [3.8, 4) is 0 Å². The summed E-state index contributed by atoms with van der Waals surface area (Å²) >= 11 is 1.55. The second-order valence-corrected chi connectivity index (χ2v) is 6.66. The Bertz CT molecular complexity index is 669. The van der Waals surface area contributed by atoms with Gasteiger partial charge in [-0.25, -0.2) is 0 Å². The molecule has 116 valence electrons. The number of hydrogen-bond donors (Lipinski definition) is 0. The van der Waals surface area contributed by atoms with E-state index in [9.17, 15) is 4.79 Å². The molecule has 7 heteroatoms. The number of piperidine rings is 1. The maximum Gasteiger partial charge on any atom is 0.254 e. The fourth-order valence-electron chi connectivity index (χ4n) is 3.30. The van der Waals surface area contributed by atoms with E-state index in [1.165, 1.54) is 0 Å². The van der Waals surface area contributed by atoms with Gasteiger partial charge in [-0.05, 0) is 30.2 Å². The molecule has 2 aliphatic heterocycles. The Labute approximate surface area is 132 Å². The van der Waals surface area contributed by atoms with E-state index in [1.807, 2.05) is 21.7 Å². The van der Waals surface area contributed by atoms with Crippen molar-refractivity contribution in [1.29, 1.82) is 0 Å². The summed E-state index contributed by atoms with van der Waals surface area (Å²) < 4.78 is 11.1. The van der Waals surface area contributed by atoms with Crippen molar-refractivity contribution in [3.63, 3.8) is 0 Å². The monoisotopic (exact) mass is 319 g/mol. The van der Waals surface area contributed by atoms with Gasteiger partial charge in [0.2, 0.25) is 11.7 Å². The SMILES string of the molecule is Cc1nc([C@@H]2C[C@@H]3CCN(C(=O)c4ccsc4)C[C@H]3O2)no1. The Balaban J connectivity index is 1.44. The van der Waals surface area contributed by atoms with E-state index in [-0.39, 0.29) is 18.1 Å². The second kappa shape index (κ2) is 5.48. The molecule has 0 saturated carbocycles. The highest BCUT2D eigenvalue weighted by molar-refractivity contribution is 7.08. The Hall–Kier alpha value is -1.73. The number of amides is 1. The van der Waals surface area contributed by atoms with Gasteiger partial charge in [0.25, 0.3) is 5.91 Å². The molecule has 0 unspecified atom stereocenters. The Morgan fingerprint density at radius 2 is 2.41 bits per heavy atom. The van der Waals surface area contributed by atoms with E-state index in [4.69, 9.17) is 9.26 Å². The first kappa shape index (κ1) is 13.9. The summed E-state index contributed by atoms with van der Waals surface area (Å²) in [5.74, 6) is 1.75. The molecule has 0 bridgehead atoms. The van der Waals surface area contributed by atoms with E-state index in [0.717, 1.165) is 24.9 Å². The summed E-state index contributed by atoms with van der Waals surface area (Å²) in [5, 5.41) is 7.79. The van der Waals surface area contributed by atoms with Gasteiger partial charge < -0.3 is 14.2 Å². The van der Waals surface area contributed by atoms with Crippen LogP contribution in [0.5, 0.6) is 0 Å². The van der Waals surface area contributed by atoms with Gasteiger partial charge >= 0.3 is 0 Å². The van der Waals surface area contributed by atoms with E-state index in [1.54, 1.807) is 18.3 Å². The number of fused-ring (bicyclic) bond motifs is 1. The smallest absolute Gasteiger partial charge is 0.254 e. The van der Waals surface area contributed by atoms with Gasteiger partial charge in [-0.1, -0.05) is 5.16 Å². The predicted octanol–water partition coefficient (Wildman–Crippen LogP) is 2.43. The zero-order chi connectivity index (χ0) is 15.1. The van der Waals surface area contributed by atoms with Gasteiger partial charge in [0.15, 0.2) is 0 Å². The minimum Gasteiger partial charge on any atom is -0.365 e. The van der Waals surface area contributed by atoms with Gasteiger partial charge in [0, 0.05) is 25.4 Å². The maximum absolute atomic E-state index is 12.4. The molecule has 2 fully saturated rings. The van der Waals surface area contributed by atoms with Gasteiger partial charge in [-0.3, -0.25) is 4.79 Å². The van der Waals surface area contributed by atoms with Gasteiger partial charge in [-0.15, -0.1) is 0 Å². The summed E-state index contributed by atoms with van der Waals surface area (Å²) in [6.07, 6.45) is 1.83. The molecule has 2 aromatic rings. The normalized spacial score (nSPS) is 27.9. The number of ether oxygens (including phenoxy) is 1. The van der Waals surface area contributed by atoms with Crippen LogP contribution in [0.25, 0.3) is 0 Å². The van der Waals surface area contributed by atoms with Crippen LogP contribution in [0.15, 0.2) is 21.3 Å². The average Bonchev–Trinajstić information content (AvgIpc) is 3.25. The predicted molar refractivity (Wildman–Crippen MR) is 79.6 cm³/mol. The van der Waals surface area contributed by atoms with Crippen LogP contribution in [-0.4, -0.2) is 40.1 Å². The third kappa shape index (κ3) is 2.44. The lowest BCUT2D eigenvalue weighted by Crippen LogP contribution is -2.45. The summed E-state index contributed by atoms with van der Waals surface area (Å²) in [6.45, 7) is 3.21. The average molecular weight is 319 g/mol. The van der Waals surface area contributed by atoms with Crippen molar-refractivity contribution < 1.29 is 14.1 Å². The first-order valence-corrected chi connectivity index (χ1v) is 8.42. The van der Waals surface area contributed by atoms with Crippen molar-refractivity contribution in [2.24, 2.45) is 5.92 Å². The summed E-state index contributed by atoms with van der Waals surface area (Å²) in [6, 6.07) is 1.87. The number of hydrogen-bond acceptors (Lipinski definition) is 6. The molecule has 6 nitrogen and oxygen atoms in total. The van der Waals surface area contributed by atoms with Gasteiger partial charge in [0.1, 0.15) is 6.10 Å². The summed E-state index contributed by atoms with van der Waals surface area (Å²) in [4.78, 5) is 18.6. The van der Waals surface area contributed by atoms with Crippen LogP contribution in [0.4, 0.5) is 0 Å². The lowest BCUT2D eigenvalue weighted by Gasteiger charge is -2.33. The number of thiophene rings is 1. The number of aromatic nitrogens is 2. The lowest BCUT2D eigenvalue weighted by atomic mass is 9.91. The Kier molecular flexibility index (Phi) is 3.46. The summed E-state index contributed by atoms with van der Waals surface area (Å²) in [5.41, 5.74) is 0.770. The first-order valence-electron chi connectivity index (χ1n) is 7.48. The molecule has 2 saturated heterocycles. The molecular formula is C15H17N3O3S. The van der Waals surface area contributed by atoms with Crippen LogP contribution < -0.4 is 0 Å². The number of nitrogens with zero attached hydrogens (tertiary/aromatic N) is 3. The molecule has 0 N–H and O–H groups in total. The van der Waals surface area contributed by atoms with E-state index in [0.29, 0.717) is 24.2 Å². The van der Waals surface area contributed by atoms with E-state index < -0.39 is 0 Å². The first-order chi connectivity index (χ1) is 10.7. The van der Waals surface area contributed by atoms with Crippen LogP contribution in [0.3, 0.4) is 0 Å². The van der Waals surface area contributed by atoms with Crippen LogP contribution in [-0.2, 0) is 4.74 Å². The molecule has 2 aromatic heterocycles. The van der Waals surface area contributed by atoms with Gasteiger partial charge in [0.05, 0.1) is 11.7 Å². The molecular weight excluding hydrogens is 302 g/mol. The molecule has 22 heavy (non-hydrogen) atoms. The molecule has 4 heterocycles. The van der Waals surface area contributed by atoms with Crippen molar-refractivity contribution in [3.05, 3.63) is 34.1 Å². The fourth-order valence-corrected chi connectivity index (χ4v) is 3.93. The summed E-state index contributed by atoms with van der Waals surface area (Å²) in [7, 11) is 0. The minimum atomic E-state index is -0.108. The lowest BCUT2D eigenvalue weighted by molar-refractivity contribution is -0.00745. The number of aryl methyl sites for hydroxylation is 1. The standard InChI is InChI=1S/C15H17N3O3S/c1-9-16-14(17-21-9)12-6-10-2-4-18(7-13(10)20-12)15(19)11-3-5-22-8-11/h3,5,8,10,12-13H,2,4,6-7H2,1H3/t10-,12-,13+/m0/s1. The number of likely N-dealkylation sites (tertiary alicyclic amines) is 1. The van der Waals surface area contributed by atoms with Gasteiger partial charge in [-0.2, -0.15) is 16.3 Å². The number of carbonyl (C=O) groups is 1.